The van der Waals surface area contributed by atoms with Crippen molar-refractivity contribution in [2.24, 2.45) is 4.99 Å². The SMILES string of the molecule is CCS(=O)C1CCCC(NC(=NC)NCCCn2ccnc2)C1. The average molecular weight is 340 g/mol. The third-order valence-corrected chi connectivity index (χ3v) is 6.03. The van der Waals surface area contributed by atoms with Crippen LogP contribution in [0, 0.1) is 0 Å². The van der Waals surface area contributed by atoms with Crippen molar-refractivity contribution >= 4 is 16.8 Å². The van der Waals surface area contributed by atoms with Gasteiger partial charge < -0.3 is 15.2 Å². The lowest BCUT2D eigenvalue weighted by atomic mass is 9.95. The molecule has 6 nitrogen and oxygen atoms in total. The molecule has 1 aromatic rings. The van der Waals surface area contributed by atoms with Gasteiger partial charge in [-0.05, 0) is 25.7 Å². The summed E-state index contributed by atoms with van der Waals surface area (Å²) in [5.41, 5.74) is 0. The van der Waals surface area contributed by atoms with E-state index in [9.17, 15) is 4.21 Å². The molecule has 23 heavy (non-hydrogen) atoms. The molecule has 1 heterocycles. The van der Waals surface area contributed by atoms with Gasteiger partial charge in [0.05, 0.1) is 6.33 Å². The predicted octanol–water partition coefficient (Wildman–Crippen LogP) is 1.52. The normalized spacial score (nSPS) is 23.5. The fourth-order valence-corrected chi connectivity index (χ4v) is 4.37. The van der Waals surface area contributed by atoms with Gasteiger partial charge in [-0.1, -0.05) is 13.3 Å². The van der Waals surface area contributed by atoms with Gasteiger partial charge in [-0.2, -0.15) is 0 Å². The van der Waals surface area contributed by atoms with Crippen LogP contribution >= 0.6 is 0 Å². The molecule has 0 amide bonds. The van der Waals surface area contributed by atoms with Gasteiger partial charge in [0.1, 0.15) is 0 Å². The lowest BCUT2D eigenvalue weighted by Crippen LogP contribution is -2.46. The van der Waals surface area contributed by atoms with Gasteiger partial charge in [0.2, 0.25) is 0 Å². The Hall–Kier alpha value is -1.37. The Balaban J connectivity index is 1.70. The Labute approximate surface area is 141 Å². The van der Waals surface area contributed by atoms with Gasteiger partial charge in [0, 0.05) is 60.4 Å². The van der Waals surface area contributed by atoms with Crippen LogP contribution in [0.25, 0.3) is 0 Å². The Bertz CT molecular complexity index is 503. The van der Waals surface area contributed by atoms with E-state index in [1.54, 1.807) is 13.2 Å². The van der Waals surface area contributed by atoms with Gasteiger partial charge in [-0.15, -0.1) is 0 Å². The topological polar surface area (TPSA) is 71.3 Å². The molecule has 0 saturated heterocycles. The van der Waals surface area contributed by atoms with E-state index in [0.717, 1.165) is 56.9 Å². The third-order valence-electron chi connectivity index (χ3n) is 4.29. The molecule has 3 unspecified atom stereocenters. The first-order valence-corrected chi connectivity index (χ1v) is 9.91. The number of aryl methyl sites for hydroxylation is 1. The smallest absolute Gasteiger partial charge is 0.191 e. The number of imidazole rings is 1. The second-order valence-electron chi connectivity index (χ2n) is 5.95. The fraction of sp³-hybridized carbons (Fsp3) is 0.750. The largest absolute Gasteiger partial charge is 0.356 e. The summed E-state index contributed by atoms with van der Waals surface area (Å²) in [6.45, 7) is 3.83. The summed E-state index contributed by atoms with van der Waals surface area (Å²) in [5, 5.41) is 7.20. The maximum atomic E-state index is 12.0. The molecule has 0 radical (unpaired) electrons. The van der Waals surface area contributed by atoms with E-state index in [1.165, 1.54) is 0 Å². The molecule has 0 bridgehead atoms. The number of guanidine groups is 1. The number of nitrogens with one attached hydrogen (secondary N) is 2. The number of aliphatic imine (C=N–C) groups is 1. The van der Waals surface area contributed by atoms with Gasteiger partial charge in [0.15, 0.2) is 5.96 Å². The summed E-state index contributed by atoms with van der Waals surface area (Å²) in [5.74, 6) is 1.61. The van der Waals surface area contributed by atoms with Crippen LogP contribution in [0.2, 0.25) is 0 Å². The number of aromatic nitrogens is 2. The van der Waals surface area contributed by atoms with Crippen molar-refractivity contribution in [3.05, 3.63) is 18.7 Å². The first-order valence-electron chi connectivity index (χ1n) is 8.53. The van der Waals surface area contributed by atoms with Crippen LogP contribution in [0.5, 0.6) is 0 Å². The van der Waals surface area contributed by atoms with E-state index >= 15 is 0 Å². The Morgan fingerprint density at radius 2 is 2.35 bits per heavy atom. The summed E-state index contributed by atoms with van der Waals surface area (Å²) >= 11 is 0. The van der Waals surface area contributed by atoms with Gasteiger partial charge >= 0.3 is 0 Å². The Kier molecular flexibility index (Phi) is 7.58. The highest BCUT2D eigenvalue weighted by molar-refractivity contribution is 7.85. The van der Waals surface area contributed by atoms with Crippen molar-refractivity contribution in [1.82, 2.24) is 20.2 Å². The van der Waals surface area contributed by atoms with Crippen molar-refractivity contribution in [3.8, 4) is 0 Å². The monoisotopic (exact) mass is 339 g/mol. The summed E-state index contributed by atoms with van der Waals surface area (Å²) in [6.07, 6.45) is 11.0. The minimum Gasteiger partial charge on any atom is -0.356 e. The molecule has 0 spiro atoms. The van der Waals surface area contributed by atoms with E-state index in [-0.39, 0.29) is 0 Å². The number of nitrogens with zero attached hydrogens (tertiary/aromatic N) is 3. The first kappa shape index (κ1) is 18.0. The Morgan fingerprint density at radius 1 is 1.48 bits per heavy atom. The van der Waals surface area contributed by atoms with Gasteiger partial charge in [-0.25, -0.2) is 4.98 Å². The van der Waals surface area contributed by atoms with E-state index in [4.69, 9.17) is 0 Å². The molecular weight excluding hydrogens is 310 g/mol. The van der Waals surface area contributed by atoms with Crippen LogP contribution in [-0.2, 0) is 17.3 Å². The highest BCUT2D eigenvalue weighted by Crippen LogP contribution is 2.22. The molecule has 1 aliphatic rings. The molecule has 1 aliphatic carbocycles. The third kappa shape index (κ3) is 5.97. The second-order valence-corrected chi connectivity index (χ2v) is 7.96. The van der Waals surface area contributed by atoms with Crippen LogP contribution in [0.1, 0.15) is 39.0 Å². The zero-order chi connectivity index (χ0) is 16.5. The highest BCUT2D eigenvalue weighted by atomic mass is 32.2. The molecule has 0 aliphatic heterocycles. The number of rotatable bonds is 7. The lowest BCUT2D eigenvalue weighted by Gasteiger charge is -2.30. The zero-order valence-electron chi connectivity index (χ0n) is 14.2. The van der Waals surface area contributed by atoms with Crippen molar-refractivity contribution in [2.45, 2.75) is 56.9 Å². The molecule has 2 N–H and O–H groups in total. The molecule has 1 fully saturated rings. The van der Waals surface area contributed by atoms with Crippen molar-refractivity contribution < 1.29 is 4.21 Å². The minimum atomic E-state index is -0.684. The summed E-state index contributed by atoms with van der Waals surface area (Å²) < 4.78 is 14.1. The summed E-state index contributed by atoms with van der Waals surface area (Å²) in [6, 6.07) is 0.379. The van der Waals surface area contributed by atoms with Gasteiger partial charge in [0.25, 0.3) is 0 Å². The zero-order valence-corrected chi connectivity index (χ0v) is 15.0. The first-order chi connectivity index (χ1) is 11.2. The average Bonchev–Trinajstić information content (AvgIpc) is 3.10. The standard InChI is InChI=1S/C16H29N5OS/c1-3-23(22)15-7-4-6-14(12-15)20-16(17-2)19-8-5-10-21-11-9-18-13-21/h9,11,13-15H,3-8,10,12H2,1-2H3,(H2,17,19,20). The predicted molar refractivity (Wildman–Crippen MR) is 96.1 cm³/mol. The molecule has 0 aromatic carbocycles. The molecule has 7 heteroatoms. The van der Waals surface area contributed by atoms with Crippen LogP contribution in [-0.4, -0.2) is 50.4 Å². The van der Waals surface area contributed by atoms with Crippen LogP contribution in [0.15, 0.2) is 23.7 Å². The molecular formula is C16H29N5OS. The number of hydrogen-bond acceptors (Lipinski definition) is 3. The van der Waals surface area contributed by atoms with E-state index in [2.05, 4.69) is 25.2 Å². The lowest BCUT2D eigenvalue weighted by molar-refractivity contribution is 0.413. The maximum absolute atomic E-state index is 12.0. The molecule has 1 saturated carbocycles. The van der Waals surface area contributed by atoms with E-state index in [1.807, 2.05) is 19.4 Å². The number of hydrogen-bond donors (Lipinski definition) is 2. The van der Waals surface area contributed by atoms with Crippen LogP contribution < -0.4 is 10.6 Å². The molecule has 1 aromatic heterocycles. The van der Waals surface area contributed by atoms with E-state index in [0.29, 0.717) is 11.3 Å². The molecule has 130 valence electrons. The second kappa shape index (κ2) is 9.70. The van der Waals surface area contributed by atoms with Crippen molar-refractivity contribution in [3.63, 3.8) is 0 Å². The van der Waals surface area contributed by atoms with Crippen molar-refractivity contribution in [1.29, 1.82) is 0 Å². The molecule has 2 rings (SSSR count). The Morgan fingerprint density at radius 3 is 3.04 bits per heavy atom. The quantitative estimate of drug-likeness (QED) is 0.449. The van der Waals surface area contributed by atoms with Crippen molar-refractivity contribution in [2.75, 3.05) is 19.3 Å². The highest BCUT2D eigenvalue weighted by Gasteiger charge is 2.25. The summed E-state index contributed by atoms with van der Waals surface area (Å²) in [4.78, 5) is 8.35. The minimum absolute atomic E-state index is 0.339. The molecule has 3 atom stereocenters. The fourth-order valence-electron chi connectivity index (χ4n) is 3.03. The van der Waals surface area contributed by atoms with Crippen LogP contribution in [0.4, 0.5) is 0 Å². The summed E-state index contributed by atoms with van der Waals surface area (Å²) in [7, 11) is 1.12. The van der Waals surface area contributed by atoms with Gasteiger partial charge in [-0.3, -0.25) is 9.20 Å². The van der Waals surface area contributed by atoms with E-state index < -0.39 is 10.8 Å². The van der Waals surface area contributed by atoms with Crippen LogP contribution in [0.3, 0.4) is 0 Å². The maximum Gasteiger partial charge on any atom is 0.191 e.